The molecule has 2 N–H and O–H groups in total. The van der Waals surface area contributed by atoms with E-state index < -0.39 is 9.84 Å². The lowest BCUT2D eigenvalue weighted by Gasteiger charge is -2.35. The summed E-state index contributed by atoms with van der Waals surface area (Å²) in [6, 6.07) is 0. The molecule has 0 saturated carbocycles. The van der Waals surface area contributed by atoms with Crippen LogP contribution in [0.3, 0.4) is 0 Å². The van der Waals surface area contributed by atoms with Gasteiger partial charge in [-0.05, 0) is 0 Å². The molecule has 9 heteroatoms. The average molecular weight is 317 g/mol. The Kier molecular flexibility index (Phi) is 4.81. The van der Waals surface area contributed by atoms with Gasteiger partial charge in [0.05, 0.1) is 12.3 Å². The van der Waals surface area contributed by atoms with Gasteiger partial charge in [0.2, 0.25) is 0 Å². The van der Waals surface area contributed by atoms with E-state index in [4.69, 9.17) is 5.73 Å². The van der Waals surface area contributed by atoms with Gasteiger partial charge in [0.15, 0.2) is 11.1 Å². The average Bonchev–Trinajstić information content (AvgIpc) is 2.91. The van der Waals surface area contributed by atoms with Crippen molar-refractivity contribution in [2.24, 2.45) is 10.7 Å². The summed E-state index contributed by atoms with van der Waals surface area (Å²) in [5.74, 6) is 0.458. The third kappa shape index (κ3) is 4.34. The van der Waals surface area contributed by atoms with E-state index >= 15 is 0 Å². The van der Waals surface area contributed by atoms with Gasteiger partial charge in [-0.1, -0.05) is 0 Å². The molecule has 2 rings (SSSR count). The maximum atomic E-state index is 11.0. The topological polar surface area (TPSA) is 91.9 Å². The van der Waals surface area contributed by atoms with Crippen molar-refractivity contribution in [1.82, 2.24) is 9.88 Å². The lowest BCUT2D eigenvalue weighted by molar-refractivity contribution is 0.381. The van der Waals surface area contributed by atoms with Crippen LogP contribution in [0.2, 0.25) is 0 Å². The highest BCUT2D eigenvalue weighted by Gasteiger charge is 2.19. The predicted molar refractivity (Wildman–Crippen MR) is 82.1 cm³/mol. The van der Waals surface area contributed by atoms with Gasteiger partial charge in [-0.25, -0.2) is 13.4 Å². The maximum absolute atomic E-state index is 11.0. The Bertz CT molecular complexity index is 547. The van der Waals surface area contributed by atoms with Gasteiger partial charge in [0, 0.05) is 44.0 Å². The highest BCUT2D eigenvalue weighted by Crippen LogP contribution is 2.18. The van der Waals surface area contributed by atoms with E-state index in [-0.39, 0.29) is 12.3 Å². The summed E-state index contributed by atoms with van der Waals surface area (Å²) >= 11 is 1.62. The number of nitrogens with zero attached hydrogens (tertiary/aromatic N) is 4. The summed E-state index contributed by atoms with van der Waals surface area (Å²) in [5, 5.41) is 2.99. The second kappa shape index (κ2) is 6.40. The number of aromatic nitrogens is 1. The number of thiazole rings is 1. The largest absolute Gasteiger partial charge is 0.370 e. The molecule has 2 heterocycles. The molecule has 1 fully saturated rings. The van der Waals surface area contributed by atoms with Crippen molar-refractivity contribution in [3.05, 3.63) is 11.6 Å². The van der Waals surface area contributed by atoms with Gasteiger partial charge < -0.3 is 15.5 Å². The fourth-order valence-electron chi connectivity index (χ4n) is 1.92. The first-order valence-electron chi connectivity index (χ1n) is 6.33. The molecule has 112 valence electrons. The normalized spacial score (nSPS) is 17.6. The van der Waals surface area contributed by atoms with Crippen molar-refractivity contribution >= 4 is 32.3 Å². The van der Waals surface area contributed by atoms with Gasteiger partial charge in [0.1, 0.15) is 9.84 Å². The number of nitrogens with two attached hydrogens (primary N) is 1. The molecule has 0 atom stereocenters. The lowest BCUT2D eigenvalue weighted by Crippen LogP contribution is -2.51. The highest BCUT2D eigenvalue weighted by atomic mass is 32.2. The number of guanidine groups is 1. The SMILES string of the molecule is CS(=O)(=O)CCN=C(N)N1CCN(c2nccs2)CC1. The Morgan fingerprint density at radius 3 is 2.70 bits per heavy atom. The molecule has 0 amide bonds. The smallest absolute Gasteiger partial charge is 0.191 e. The lowest BCUT2D eigenvalue weighted by atomic mass is 10.3. The van der Waals surface area contributed by atoms with Crippen molar-refractivity contribution in [3.63, 3.8) is 0 Å². The summed E-state index contributed by atoms with van der Waals surface area (Å²) in [4.78, 5) is 12.6. The van der Waals surface area contributed by atoms with Crippen LogP contribution in [-0.4, -0.2) is 69.0 Å². The zero-order chi connectivity index (χ0) is 14.6. The zero-order valence-electron chi connectivity index (χ0n) is 11.4. The number of piperazine rings is 1. The number of aliphatic imine (C=N–C) groups is 1. The van der Waals surface area contributed by atoms with E-state index in [1.54, 1.807) is 17.5 Å². The standard InChI is InChI=1S/C11H19N5O2S2/c1-20(17,18)9-3-13-10(12)15-4-6-16(7-5-15)11-14-2-8-19-11/h2,8H,3-7,9H2,1H3,(H2,12,13). The Morgan fingerprint density at radius 1 is 1.45 bits per heavy atom. The second-order valence-corrected chi connectivity index (χ2v) is 7.79. The van der Waals surface area contributed by atoms with E-state index in [1.807, 2.05) is 10.3 Å². The number of anilines is 1. The van der Waals surface area contributed by atoms with Crippen LogP contribution >= 0.6 is 11.3 Å². The molecule has 0 bridgehead atoms. The van der Waals surface area contributed by atoms with Crippen LogP contribution in [0.1, 0.15) is 0 Å². The second-order valence-electron chi connectivity index (χ2n) is 4.66. The molecule has 20 heavy (non-hydrogen) atoms. The third-order valence-corrected chi connectivity index (χ3v) is 4.79. The van der Waals surface area contributed by atoms with E-state index in [2.05, 4.69) is 14.9 Å². The number of rotatable bonds is 4. The van der Waals surface area contributed by atoms with Gasteiger partial charge in [0.25, 0.3) is 0 Å². The first-order chi connectivity index (χ1) is 9.46. The van der Waals surface area contributed by atoms with Crippen LogP contribution < -0.4 is 10.6 Å². The Labute approximate surface area is 123 Å². The molecule has 0 aromatic carbocycles. The van der Waals surface area contributed by atoms with Crippen LogP contribution in [-0.2, 0) is 9.84 Å². The van der Waals surface area contributed by atoms with Gasteiger partial charge >= 0.3 is 0 Å². The van der Waals surface area contributed by atoms with E-state index in [0.29, 0.717) is 5.96 Å². The van der Waals surface area contributed by atoms with Gasteiger partial charge in [-0.3, -0.25) is 4.99 Å². The van der Waals surface area contributed by atoms with Crippen molar-refractivity contribution in [3.8, 4) is 0 Å². The van der Waals surface area contributed by atoms with Crippen LogP contribution in [0.5, 0.6) is 0 Å². The highest BCUT2D eigenvalue weighted by molar-refractivity contribution is 7.90. The van der Waals surface area contributed by atoms with Crippen LogP contribution in [0.25, 0.3) is 0 Å². The Morgan fingerprint density at radius 2 is 2.15 bits per heavy atom. The van der Waals surface area contributed by atoms with Crippen molar-refractivity contribution in [1.29, 1.82) is 0 Å². The minimum absolute atomic E-state index is 0.0345. The molecule has 1 saturated heterocycles. The first kappa shape index (κ1) is 15.0. The van der Waals surface area contributed by atoms with E-state index in [9.17, 15) is 8.42 Å². The molecule has 1 aromatic heterocycles. The fourth-order valence-corrected chi connectivity index (χ4v) is 3.04. The molecule has 7 nitrogen and oxygen atoms in total. The molecule has 0 aliphatic carbocycles. The third-order valence-electron chi connectivity index (χ3n) is 3.03. The fraction of sp³-hybridized carbons (Fsp3) is 0.636. The molecule has 1 aliphatic heterocycles. The Balaban J connectivity index is 1.82. The number of hydrogen-bond donors (Lipinski definition) is 1. The minimum atomic E-state index is -2.99. The summed E-state index contributed by atoms with van der Waals surface area (Å²) in [5.41, 5.74) is 5.89. The summed E-state index contributed by atoms with van der Waals surface area (Å²) < 4.78 is 22.1. The minimum Gasteiger partial charge on any atom is -0.370 e. The quantitative estimate of drug-likeness (QED) is 0.601. The van der Waals surface area contributed by atoms with Crippen molar-refractivity contribution < 1.29 is 8.42 Å². The van der Waals surface area contributed by atoms with Crippen molar-refractivity contribution in [2.45, 2.75) is 0 Å². The monoisotopic (exact) mass is 317 g/mol. The molecule has 1 aliphatic rings. The van der Waals surface area contributed by atoms with E-state index in [0.717, 1.165) is 31.3 Å². The summed E-state index contributed by atoms with van der Waals surface area (Å²) in [6.07, 6.45) is 3.00. The summed E-state index contributed by atoms with van der Waals surface area (Å²) in [6.45, 7) is 3.45. The van der Waals surface area contributed by atoms with Gasteiger partial charge in [-0.2, -0.15) is 0 Å². The molecular weight excluding hydrogens is 298 g/mol. The van der Waals surface area contributed by atoms with Crippen molar-refractivity contribution in [2.75, 3.05) is 49.6 Å². The molecule has 0 radical (unpaired) electrons. The molecule has 0 unspecified atom stereocenters. The molecular formula is C11H19N5O2S2. The van der Waals surface area contributed by atoms with E-state index in [1.165, 1.54) is 6.26 Å². The molecule has 0 spiro atoms. The number of hydrogen-bond acceptors (Lipinski definition) is 6. The van der Waals surface area contributed by atoms with Gasteiger partial charge in [-0.15, -0.1) is 11.3 Å². The van der Waals surface area contributed by atoms with Crippen LogP contribution in [0, 0.1) is 0 Å². The van der Waals surface area contributed by atoms with Crippen LogP contribution in [0.15, 0.2) is 16.6 Å². The predicted octanol–water partition coefficient (Wildman–Crippen LogP) is -0.376. The first-order valence-corrected chi connectivity index (χ1v) is 9.27. The Hall–Kier alpha value is -1.35. The summed E-state index contributed by atoms with van der Waals surface area (Å²) in [7, 11) is -2.99. The maximum Gasteiger partial charge on any atom is 0.191 e. The van der Waals surface area contributed by atoms with Crippen LogP contribution in [0.4, 0.5) is 5.13 Å². The molecule has 1 aromatic rings. The number of sulfone groups is 1. The zero-order valence-corrected chi connectivity index (χ0v) is 13.0.